The Morgan fingerprint density at radius 1 is 1.17 bits per heavy atom. The molecule has 7 N–H and O–H groups in total. The summed E-state index contributed by atoms with van der Waals surface area (Å²) in [7, 11) is 1.07. The minimum atomic E-state index is -2.30. The minimum Gasteiger partial charge on any atom is -0.471 e. The number of methoxy groups -OCH3 is 1. The highest BCUT2D eigenvalue weighted by atomic mass is 16.8. The van der Waals surface area contributed by atoms with Crippen molar-refractivity contribution in [1.29, 1.82) is 0 Å². The lowest BCUT2D eigenvalue weighted by molar-refractivity contribution is -0.352. The summed E-state index contributed by atoms with van der Waals surface area (Å²) in [5.41, 5.74) is -4.50. The van der Waals surface area contributed by atoms with Crippen LogP contribution in [0.5, 0.6) is 0 Å². The molecule has 12 heteroatoms. The van der Waals surface area contributed by atoms with Crippen LogP contribution in [0.2, 0.25) is 0 Å². The van der Waals surface area contributed by atoms with Crippen LogP contribution in [0, 0.1) is 5.92 Å². The van der Waals surface area contributed by atoms with Crippen LogP contribution < -0.4 is 0 Å². The quantitative estimate of drug-likeness (QED) is 0.218. The van der Waals surface area contributed by atoms with Gasteiger partial charge < -0.3 is 54.7 Å². The van der Waals surface area contributed by atoms with Crippen LogP contribution >= 0.6 is 0 Å². The third kappa shape index (κ3) is 3.44. The van der Waals surface area contributed by atoms with Crippen molar-refractivity contribution in [2.45, 2.75) is 67.6 Å². The van der Waals surface area contributed by atoms with Crippen molar-refractivity contribution in [2.75, 3.05) is 13.7 Å². The van der Waals surface area contributed by atoms with Crippen LogP contribution in [0.15, 0.2) is 11.8 Å². The third-order valence-electron chi connectivity index (χ3n) is 5.80. The molecule has 0 aromatic rings. The third-order valence-corrected chi connectivity index (χ3v) is 5.80. The normalized spacial score (nSPS) is 49.8. The second-order valence-corrected chi connectivity index (χ2v) is 7.74. The van der Waals surface area contributed by atoms with Gasteiger partial charge in [-0.25, -0.2) is 4.79 Å². The van der Waals surface area contributed by atoms with E-state index in [0.717, 1.165) is 13.4 Å². The Bertz CT molecular complexity index is 663. The monoisotopic (exact) mass is 422 g/mol. The molecule has 3 rings (SSSR count). The molecule has 1 saturated carbocycles. The smallest absolute Gasteiger partial charge is 0.339 e. The summed E-state index contributed by atoms with van der Waals surface area (Å²) in [6.07, 6.45) is -10.6. The average molecular weight is 422 g/mol. The largest absolute Gasteiger partial charge is 0.471 e. The van der Waals surface area contributed by atoms with Gasteiger partial charge in [-0.3, -0.25) is 0 Å². The van der Waals surface area contributed by atoms with E-state index < -0.39 is 78.4 Å². The molecule has 29 heavy (non-hydrogen) atoms. The molecule has 0 amide bonds. The van der Waals surface area contributed by atoms with Crippen molar-refractivity contribution in [3.05, 3.63) is 11.8 Å². The zero-order valence-corrected chi connectivity index (χ0v) is 15.8. The second kappa shape index (κ2) is 7.72. The van der Waals surface area contributed by atoms with Gasteiger partial charge in [-0.15, -0.1) is 0 Å². The Balaban J connectivity index is 1.92. The van der Waals surface area contributed by atoms with Gasteiger partial charge in [-0.05, 0) is 6.92 Å². The summed E-state index contributed by atoms with van der Waals surface area (Å²) < 4.78 is 20.7. The van der Waals surface area contributed by atoms with E-state index in [0.29, 0.717) is 0 Å². The van der Waals surface area contributed by atoms with Gasteiger partial charge in [0.25, 0.3) is 0 Å². The fourth-order valence-electron chi connectivity index (χ4n) is 4.26. The molecule has 7 unspecified atom stereocenters. The van der Waals surface area contributed by atoms with E-state index in [-0.39, 0.29) is 6.42 Å². The molecule has 0 aromatic carbocycles. The number of aliphatic hydroxyl groups excluding tert-OH is 5. The summed E-state index contributed by atoms with van der Waals surface area (Å²) in [4.78, 5) is 12.1. The van der Waals surface area contributed by atoms with E-state index in [9.17, 15) is 40.5 Å². The standard InChI is InChI=1S/C17H26O12/c1-16(24)3-8(19)17(25)6(13(23)26-2)5-27-15(12(16)17)29-14-11(22)10(21)9(20)7(4-18)28-14/h5,7-12,14-15,18-22,24-25H,3-4H2,1-2H3/t7?,8?,9?,10?,11?,12-,14?,15?,16-,17+/m0/s1. The number of rotatable bonds is 4. The summed E-state index contributed by atoms with van der Waals surface area (Å²) in [5, 5.41) is 71.5. The topological polar surface area (TPSA) is 196 Å². The number of carbonyl (C=O) groups is 1. The predicted octanol–water partition coefficient (Wildman–Crippen LogP) is -3.92. The van der Waals surface area contributed by atoms with E-state index in [4.69, 9.17) is 14.2 Å². The lowest BCUT2D eigenvalue weighted by Gasteiger charge is -2.46. The maximum absolute atomic E-state index is 12.1. The molecule has 2 aliphatic heterocycles. The van der Waals surface area contributed by atoms with Crippen molar-refractivity contribution in [3.8, 4) is 0 Å². The highest BCUT2D eigenvalue weighted by Gasteiger charge is 2.68. The van der Waals surface area contributed by atoms with Gasteiger partial charge in [0.1, 0.15) is 41.9 Å². The molecule has 0 aromatic heterocycles. The van der Waals surface area contributed by atoms with E-state index in [2.05, 4.69) is 4.74 Å². The number of ether oxygens (including phenoxy) is 4. The fourth-order valence-corrected chi connectivity index (χ4v) is 4.26. The number of hydrogen-bond donors (Lipinski definition) is 7. The number of fused-ring (bicyclic) bond motifs is 1. The maximum atomic E-state index is 12.1. The number of aliphatic hydroxyl groups is 7. The summed E-state index contributed by atoms with van der Waals surface area (Å²) in [6.45, 7) is 0.610. The van der Waals surface area contributed by atoms with Gasteiger partial charge in [-0.2, -0.15) is 0 Å². The first-order valence-electron chi connectivity index (χ1n) is 9.02. The SMILES string of the molecule is COC(=O)C1=COC(OC2OC(CO)C(O)C(O)C2O)[C@H]2[C@@](C)(O)CC(O)[C@]12O. The maximum Gasteiger partial charge on any atom is 0.339 e. The zero-order chi connectivity index (χ0) is 21.7. The summed E-state index contributed by atoms with van der Waals surface area (Å²) >= 11 is 0. The van der Waals surface area contributed by atoms with E-state index in [1.807, 2.05) is 0 Å². The van der Waals surface area contributed by atoms with E-state index in [1.54, 1.807) is 0 Å². The lowest BCUT2D eigenvalue weighted by atomic mass is 9.76. The summed E-state index contributed by atoms with van der Waals surface area (Å²) in [6, 6.07) is 0. The zero-order valence-electron chi connectivity index (χ0n) is 15.8. The molecule has 10 atom stereocenters. The first-order chi connectivity index (χ1) is 13.5. The van der Waals surface area contributed by atoms with Crippen molar-refractivity contribution < 1.29 is 59.5 Å². The molecule has 2 fully saturated rings. The van der Waals surface area contributed by atoms with Crippen LogP contribution in [0.1, 0.15) is 13.3 Å². The van der Waals surface area contributed by atoms with E-state index in [1.165, 1.54) is 6.92 Å². The van der Waals surface area contributed by atoms with Crippen molar-refractivity contribution in [3.63, 3.8) is 0 Å². The fraction of sp³-hybridized carbons (Fsp3) is 0.824. The molecule has 166 valence electrons. The average Bonchev–Trinajstić information content (AvgIpc) is 2.86. The Kier molecular flexibility index (Phi) is 5.95. The second-order valence-electron chi connectivity index (χ2n) is 7.74. The van der Waals surface area contributed by atoms with Crippen molar-refractivity contribution >= 4 is 5.97 Å². The van der Waals surface area contributed by atoms with Gasteiger partial charge >= 0.3 is 5.97 Å². The summed E-state index contributed by atoms with van der Waals surface area (Å²) in [5.74, 6) is -2.41. The van der Waals surface area contributed by atoms with Crippen LogP contribution in [-0.4, -0.2) is 110 Å². The van der Waals surface area contributed by atoms with Gasteiger partial charge in [-0.1, -0.05) is 0 Å². The molecule has 0 bridgehead atoms. The molecule has 3 aliphatic rings. The van der Waals surface area contributed by atoms with Crippen LogP contribution in [0.25, 0.3) is 0 Å². The number of carbonyl (C=O) groups excluding carboxylic acids is 1. The highest BCUT2D eigenvalue weighted by Crippen LogP contribution is 2.52. The Labute approximate surface area is 165 Å². The van der Waals surface area contributed by atoms with Gasteiger partial charge in [0.05, 0.1) is 31.3 Å². The Morgan fingerprint density at radius 2 is 1.83 bits per heavy atom. The molecule has 0 spiro atoms. The van der Waals surface area contributed by atoms with Gasteiger partial charge in [0, 0.05) is 6.42 Å². The molecular weight excluding hydrogens is 396 g/mol. The first kappa shape index (κ1) is 22.3. The molecule has 1 aliphatic carbocycles. The number of esters is 1. The predicted molar refractivity (Wildman–Crippen MR) is 89.5 cm³/mol. The van der Waals surface area contributed by atoms with E-state index >= 15 is 0 Å². The van der Waals surface area contributed by atoms with Crippen molar-refractivity contribution in [2.24, 2.45) is 5.92 Å². The Morgan fingerprint density at radius 3 is 2.41 bits per heavy atom. The molecule has 12 nitrogen and oxygen atoms in total. The molecule has 1 saturated heterocycles. The Hall–Kier alpha value is -1.35. The van der Waals surface area contributed by atoms with Crippen LogP contribution in [-0.2, 0) is 23.7 Å². The van der Waals surface area contributed by atoms with Gasteiger partial charge in [0.15, 0.2) is 6.29 Å². The molecule has 0 radical (unpaired) electrons. The molecular formula is C17H26O12. The van der Waals surface area contributed by atoms with Crippen molar-refractivity contribution in [1.82, 2.24) is 0 Å². The highest BCUT2D eigenvalue weighted by molar-refractivity contribution is 5.91. The minimum absolute atomic E-state index is 0.333. The van der Waals surface area contributed by atoms with Crippen LogP contribution in [0.4, 0.5) is 0 Å². The van der Waals surface area contributed by atoms with Gasteiger partial charge in [0.2, 0.25) is 6.29 Å². The molecule has 2 heterocycles. The first-order valence-corrected chi connectivity index (χ1v) is 9.02. The number of hydrogen-bond acceptors (Lipinski definition) is 12. The van der Waals surface area contributed by atoms with Crippen LogP contribution in [0.3, 0.4) is 0 Å². The lowest BCUT2D eigenvalue weighted by Crippen LogP contribution is -2.63.